The van der Waals surface area contributed by atoms with Crippen molar-refractivity contribution in [2.24, 2.45) is 0 Å². The van der Waals surface area contributed by atoms with Gasteiger partial charge in [-0.05, 0) is 25.5 Å². The minimum atomic E-state index is 0. The molecule has 0 aliphatic rings. The van der Waals surface area contributed by atoms with Gasteiger partial charge in [0.1, 0.15) is 23.7 Å². The summed E-state index contributed by atoms with van der Waals surface area (Å²) in [5.41, 5.74) is 1.12. The van der Waals surface area contributed by atoms with E-state index < -0.39 is 0 Å². The summed E-state index contributed by atoms with van der Waals surface area (Å²) in [5.74, 6) is 2.04. The highest BCUT2D eigenvalue weighted by Gasteiger charge is 2.16. The average Bonchev–Trinajstić information content (AvgIpc) is 2.79. The topological polar surface area (TPSA) is 28.9 Å². The summed E-state index contributed by atoms with van der Waals surface area (Å²) in [4.78, 5) is 3.29. The number of nitrogens with one attached hydrogen (secondary N) is 1. The summed E-state index contributed by atoms with van der Waals surface area (Å²) in [7, 11) is 0. The van der Waals surface area contributed by atoms with Crippen LogP contribution in [0.1, 0.15) is 20.3 Å². The molecule has 0 saturated heterocycles. The SMILES string of the molecule is CCC[n+]1cc[nH]c1-c1ccccc1OCC.[Br-]. The van der Waals surface area contributed by atoms with Crippen LogP contribution in [0.3, 0.4) is 0 Å². The summed E-state index contributed by atoms with van der Waals surface area (Å²) in [6.07, 6.45) is 5.15. The first-order valence-corrected chi connectivity index (χ1v) is 6.15. The summed E-state index contributed by atoms with van der Waals surface area (Å²) < 4.78 is 7.88. The molecular formula is C14H19BrN2O. The predicted molar refractivity (Wildman–Crippen MR) is 67.9 cm³/mol. The van der Waals surface area contributed by atoms with Crippen LogP contribution in [0.25, 0.3) is 11.4 Å². The molecule has 0 aliphatic heterocycles. The zero-order valence-corrected chi connectivity index (χ0v) is 12.4. The van der Waals surface area contributed by atoms with Gasteiger partial charge in [0.15, 0.2) is 0 Å². The Bertz CT molecular complexity index is 482. The minimum absolute atomic E-state index is 0. The number of hydrogen-bond donors (Lipinski definition) is 1. The van der Waals surface area contributed by atoms with E-state index in [0.29, 0.717) is 6.61 Å². The molecule has 0 spiro atoms. The molecule has 98 valence electrons. The maximum absolute atomic E-state index is 5.66. The number of aromatic nitrogens is 2. The Kier molecular flexibility index (Phi) is 5.92. The molecule has 2 rings (SSSR count). The second-order valence-corrected chi connectivity index (χ2v) is 3.93. The van der Waals surface area contributed by atoms with Gasteiger partial charge in [-0.2, -0.15) is 0 Å². The average molecular weight is 311 g/mol. The lowest BCUT2D eigenvalue weighted by molar-refractivity contribution is -0.684. The van der Waals surface area contributed by atoms with Crippen LogP contribution < -0.4 is 26.3 Å². The van der Waals surface area contributed by atoms with Gasteiger partial charge in [0, 0.05) is 0 Å². The Morgan fingerprint density at radius 2 is 2.00 bits per heavy atom. The lowest BCUT2D eigenvalue weighted by Crippen LogP contribution is -3.00. The van der Waals surface area contributed by atoms with Gasteiger partial charge in [-0.15, -0.1) is 0 Å². The number of aryl methyl sites for hydroxylation is 1. The van der Waals surface area contributed by atoms with Gasteiger partial charge >= 0.3 is 0 Å². The van der Waals surface area contributed by atoms with Gasteiger partial charge in [-0.1, -0.05) is 19.1 Å². The molecule has 0 atom stereocenters. The van der Waals surface area contributed by atoms with Crippen molar-refractivity contribution in [3.05, 3.63) is 36.7 Å². The van der Waals surface area contributed by atoms with Crippen LogP contribution in [0.4, 0.5) is 0 Å². The monoisotopic (exact) mass is 310 g/mol. The highest BCUT2D eigenvalue weighted by molar-refractivity contribution is 5.61. The van der Waals surface area contributed by atoms with E-state index in [0.717, 1.165) is 30.1 Å². The van der Waals surface area contributed by atoms with Crippen molar-refractivity contribution in [2.45, 2.75) is 26.8 Å². The van der Waals surface area contributed by atoms with Gasteiger partial charge in [0.05, 0.1) is 13.2 Å². The van der Waals surface area contributed by atoms with Crippen LogP contribution in [0.5, 0.6) is 5.75 Å². The van der Waals surface area contributed by atoms with Crippen LogP contribution >= 0.6 is 0 Å². The van der Waals surface area contributed by atoms with Gasteiger partial charge in [-0.3, -0.25) is 0 Å². The lowest BCUT2D eigenvalue weighted by Gasteiger charge is -2.07. The number of ether oxygens (including phenoxy) is 1. The molecule has 3 nitrogen and oxygen atoms in total. The summed E-state index contributed by atoms with van der Waals surface area (Å²) >= 11 is 0. The number of para-hydroxylation sites is 1. The quantitative estimate of drug-likeness (QED) is 0.760. The maximum atomic E-state index is 5.66. The highest BCUT2D eigenvalue weighted by Crippen LogP contribution is 2.26. The van der Waals surface area contributed by atoms with Gasteiger partial charge < -0.3 is 21.7 Å². The molecule has 0 amide bonds. The first-order valence-electron chi connectivity index (χ1n) is 6.15. The highest BCUT2D eigenvalue weighted by atomic mass is 79.9. The Labute approximate surface area is 119 Å². The molecule has 0 radical (unpaired) electrons. The fourth-order valence-electron chi connectivity index (χ4n) is 1.97. The summed E-state index contributed by atoms with van der Waals surface area (Å²) in [6, 6.07) is 8.13. The Balaban J connectivity index is 0.00000162. The molecule has 1 aromatic heterocycles. The number of hydrogen-bond acceptors (Lipinski definition) is 1. The van der Waals surface area contributed by atoms with Crippen molar-refractivity contribution in [1.29, 1.82) is 0 Å². The summed E-state index contributed by atoms with van der Waals surface area (Å²) in [6.45, 7) is 5.88. The van der Waals surface area contributed by atoms with E-state index in [9.17, 15) is 0 Å². The molecule has 2 aromatic rings. The smallest absolute Gasteiger partial charge is 0.290 e. The number of imidazole rings is 1. The van der Waals surface area contributed by atoms with E-state index in [2.05, 4.69) is 28.7 Å². The standard InChI is InChI=1S/C14H18N2O.BrH/c1-3-10-16-11-9-15-14(16)12-7-5-6-8-13(12)17-4-2;/h5-9,11H,3-4,10H2,1-2H3;1H. The molecule has 18 heavy (non-hydrogen) atoms. The van der Waals surface area contributed by atoms with E-state index in [1.54, 1.807) is 0 Å². The zero-order valence-electron chi connectivity index (χ0n) is 10.8. The molecule has 0 fully saturated rings. The maximum Gasteiger partial charge on any atom is 0.290 e. The van der Waals surface area contributed by atoms with E-state index in [1.165, 1.54) is 0 Å². The van der Waals surface area contributed by atoms with Crippen LogP contribution in [0.15, 0.2) is 36.7 Å². The van der Waals surface area contributed by atoms with Crippen LogP contribution in [-0.4, -0.2) is 11.6 Å². The number of rotatable bonds is 5. The van der Waals surface area contributed by atoms with Crippen LogP contribution in [0.2, 0.25) is 0 Å². The third kappa shape index (κ3) is 3.13. The Hall–Kier alpha value is -1.29. The molecule has 1 aromatic carbocycles. The fraction of sp³-hybridized carbons (Fsp3) is 0.357. The molecule has 1 heterocycles. The molecule has 0 aliphatic carbocycles. The second-order valence-electron chi connectivity index (χ2n) is 3.93. The summed E-state index contributed by atoms with van der Waals surface area (Å²) in [5, 5.41) is 0. The molecular weight excluding hydrogens is 292 g/mol. The first-order chi connectivity index (χ1) is 8.36. The van der Waals surface area contributed by atoms with Crippen molar-refractivity contribution < 1.29 is 26.3 Å². The first kappa shape index (κ1) is 14.8. The van der Waals surface area contributed by atoms with Gasteiger partial charge in [0.2, 0.25) is 0 Å². The van der Waals surface area contributed by atoms with Crippen molar-refractivity contribution in [3.63, 3.8) is 0 Å². The molecule has 0 bridgehead atoms. The molecule has 0 saturated carbocycles. The zero-order chi connectivity index (χ0) is 12.1. The van der Waals surface area contributed by atoms with Gasteiger partial charge in [0.25, 0.3) is 5.82 Å². The molecule has 0 unspecified atom stereocenters. The van der Waals surface area contributed by atoms with Gasteiger partial charge in [-0.25, -0.2) is 9.55 Å². The second kappa shape index (κ2) is 7.21. The van der Waals surface area contributed by atoms with E-state index >= 15 is 0 Å². The normalized spacial score (nSPS) is 9.89. The van der Waals surface area contributed by atoms with Crippen LogP contribution in [-0.2, 0) is 6.54 Å². The molecule has 4 heteroatoms. The van der Waals surface area contributed by atoms with Crippen LogP contribution in [0, 0.1) is 0 Å². The fourth-order valence-corrected chi connectivity index (χ4v) is 1.97. The minimum Gasteiger partial charge on any atom is -1.00 e. The number of halogens is 1. The largest absolute Gasteiger partial charge is 1.00 e. The third-order valence-corrected chi connectivity index (χ3v) is 2.67. The van der Waals surface area contributed by atoms with E-state index in [4.69, 9.17) is 4.74 Å². The number of H-pyrrole nitrogens is 1. The Morgan fingerprint density at radius 3 is 2.72 bits per heavy atom. The lowest BCUT2D eigenvalue weighted by atomic mass is 10.2. The predicted octanol–water partition coefficient (Wildman–Crippen LogP) is -0.218. The molecule has 1 N–H and O–H groups in total. The van der Waals surface area contributed by atoms with Crippen molar-refractivity contribution >= 4 is 0 Å². The number of nitrogens with zero attached hydrogens (tertiary/aromatic N) is 1. The number of benzene rings is 1. The Morgan fingerprint density at radius 1 is 1.22 bits per heavy atom. The van der Waals surface area contributed by atoms with Crippen molar-refractivity contribution in [1.82, 2.24) is 4.98 Å². The van der Waals surface area contributed by atoms with E-state index in [-0.39, 0.29) is 17.0 Å². The van der Waals surface area contributed by atoms with E-state index in [1.807, 2.05) is 31.3 Å². The van der Waals surface area contributed by atoms with Crippen molar-refractivity contribution in [2.75, 3.05) is 6.61 Å². The third-order valence-electron chi connectivity index (χ3n) is 2.67. The number of aromatic amines is 1. The van der Waals surface area contributed by atoms with Crippen molar-refractivity contribution in [3.8, 4) is 17.1 Å².